The highest BCUT2D eigenvalue weighted by Gasteiger charge is 2.72. The quantitative estimate of drug-likeness (QED) is 0.0546. The molecule has 0 spiro atoms. The first-order chi connectivity index (χ1) is 73.4. The number of nitrogens with zero attached hydrogens (tertiary/aromatic N) is 24. The van der Waals surface area contributed by atoms with Crippen LogP contribution in [0, 0.1) is 0 Å². The minimum Gasteiger partial charge on any atom is -0.296 e. The minimum absolute atomic E-state index is 0.116. The molecule has 0 aromatic heterocycles. The molecule has 25 rings (SSSR count). The van der Waals surface area contributed by atoms with Crippen molar-refractivity contribution >= 4 is 72.4 Å². The van der Waals surface area contributed by atoms with Crippen molar-refractivity contribution in [3.8, 4) is 0 Å². The zero-order valence-electron chi connectivity index (χ0n) is 81.9. The second-order valence-electron chi connectivity index (χ2n) is 40.2. The second kappa shape index (κ2) is 38.4. The van der Waals surface area contributed by atoms with E-state index in [4.69, 9.17) is 0 Å². The zero-order chi connectivity index (χ0) is 102. The van der Waals surface area contributed by atoms with E-state index >= 15 is 57.5 Å². The van der Waals surface area contributed by atoms with Gasteiger partial charge in [0.15, 0.2) is 74.0 Å². The summed E-state index contributed by atoms with van der Waals surface area (Å²) in [5.41, 5.74) is 7.96. The minimum atomic E-state index is -1.39. The SMILES string of the molecule is O=C1N(Cc2ccccc2)[C@H]2[C@@H](N1Cc1ccccc1)N1CN3C(=O)N(CN4C(=O)N(CN5C(=O)N(CN6C(=O)N(CN7C(=O)N(CN2C1=O)[C@@H]1[C@H]7N(Cc2ccccc2)C(=O)N1Cc1ccccc1)[C@H]1[C@@H]6N(Cc2ccccc2)C(=O)N1Cc1ccccc1)[C@@H]1[C@H]5N(Cc2ccccc2)C(=O)N1Cc1ccccc1)[C@H]1[C@@H]4N(Cc2ccccc2)C(=O)N1Cc1ccccc1)[C@@H]1[C@H]3N(Cc2ccccc2)C(=O)N1Cc1ccccc1. The Morgan fingerprint density at radius 3 is 0.260 bits per heavy atom. The van der Waals surface area contributed by atoms with Gasteiger partial charge >= 0.3 is 72.4 Å². The van der Waals surface area contributed by atoms with E-state index in [0.29, 0.717) is 66.8 Å². The molecule has 0 aliphatic carbocycles. The summed E-state index contributed by atoms with van der Waals surface area (Å²) in [5, 5.41) is 0. The van der Waals surface area contributed by atoms with Crippen molar-refractivity contribution in [1.82, 2.24) is 118 Å². The van der Waals surface area contributed by atoms with Crippen LogP contribution in [0.1, 0.15) is 66.8 Å². The summed E-state index contributed by atoms with van der Waals surface area (Å²) in [7, 11) is 0. The number of benzene rings is 12. The highest BCUT2D eigenvalue weighted by molar-refractivity contribution is 5.93. The molecular formula is C114H108N24O12. The molecule has 12 aromatic carbocycles. The maximum absolute atomic E-state index is 18.0. The van der Waals surface area contributed by atoms with E-state index in [1.807, 2.05) is 364 Å². The Morgan fingerprint density at radius 1 is 0.113 bits per heavy atom. The van der Waals surface area contributed by atoms with E-state index in [1.165, 1.54) is 58.8 Å². The maximum atomic E-state index is 18.0. The number of carbonyl (C=O) groups excluding carboxylic acids is 12. The molecule has 36 nitrogen and oxygen atoms in total. The number of fused-ring (bicyclic) bond motifs is 30. The Bertz CT molecular complexity index is 5660. The fraction of sp³-hybridized carbons (Fsp3) is 0.263. The first kappa shape index (κ1) is 93.0. The molecule has 13 heterocycles. The molecule has 13 saturated heterocycles. The molecular weight excluding hydrogens is 1900 g/mol. The fourth-order valence-corrected chi connectivity index (χ4v) is 24.6. The molecule has 36 heteroatoms. The smallest absolute Gasteiger partial charge is 0.296 e. The maximum Gasteiger partial charge on any atom is 0.326 e. The highest BCUT2D eigenvalue weighted by atomic mass is 16.2. The lowest BCUT2D eigenvalue weighted by Gasteiger charge is -2.37. The number of hydrogen-bond acceptors (Lipinski definition) is 12. The number of urea groups is 12. The second-order valence-corrected chi connectivity index (χ2v) is 40.2. The average Bonchev–Trinajstić information content (AvgIpc) is 1.54. The summed E-state index contributed by atoms with van der Waals surface area (Å²) in [6.45, 7) is -5.57. The normalized spacial score (nSPS) is 24.0. The Hall–Kier alpha value is -18.1. The Kier molecular flexibility index (Phi) is 23.8. The molecule has 13 fully saturated rings. The summed E-state index contributed by atoms with van der Waals surface area (Å²) in [6.07, 6.45) is -16.6. The molecule has 756 valence electrons. The summed E-state index contributed by atoms with van der Waals surface area (Å²) >= 11 is 0. The topological polar surface area (TPSA) is 283 Å². The van der Waals surface area contributed by atoms with E-state index in [2.05, 4.69) is 0 Å². The van der Waals surface area contributed by atoms with Gasteiger partial charge in [0.1, 0.15) is 40.0 Å². The van der Waals surface area contributed by atoms with Crippen LogP contribution in [-0.4, -0.2) is 304 Å². The average molecular weight is 2010 g/mol. The van der Waals surface area contributed by atoms with Crippen LogP contribution in [0.15, 0.2) is 364 Å². The van der Waals surface area contributed by atoms with Gasteiger partial charge in [-0.15, -0.1) is 0 Å². The van der Waals surface area contributed by atoms with Crippen LogP contribution in [0.25, 0.3) is 0 Å². The van der Waals surface area contributed by atoms with Crippen molar-refractivity contribution < 1.29 is 57.5 Å². The summed E-state index contributed by atoms with van der Waals surface area (Å²) in [6, 6.07) is 103. The van der Waals surface area contributed by atoms with Crippen molar-refractivity contribution in [3.05, 3.63) is 431 Å². The molecule has 13 aliphatic heterocycles. The molecule has 24 amide bonds. The van der Waals surface area contributed by atoms with Crippen molar-refractivity contribution in [2.75, 3.05) is 40.0 Å². The number of amides is 24. The van der Waals surface area contributed by atoms with Crippen LogP contribution in [0.5, 0.6) is 0 Å². The van der Waals surface area contributed by atoms with Gasteiger partial charge in [-0.2, -0.15) is 0 Å². The lowest BCUT2D eigenvalue weighted by Crippen LogP contribution is -2.57. The standard InChI is InChI=1S/C114H108N24O12/c139-103-115(61-79-37-13-1-14-38-79)91-92(116(103)62-80-39-15-2-16-40-80)128-74-130-95-96(120(66-84-47-23-6-24-48-84)105(141)119(95)65-83-45-21-5-22-46-83)132(111(130)147)76-134-99-100(124(70-88-55-31-10-32-56-88)107(143)123(99)69-87-53-29-9-30-54-87)136(113(134)149)78-138-102-101(125(71-89-57-33-11-34-58-89)108(144)126(102)72-90-59-35-12-36-60-90)137(114(138)150)77-135-98-97(121(67-85-49-25-7-26-50-85)106(142)122(98)68-86-51-27-8-28-52-86)133(112(135)148)75-131-94-93(129(110(131)146)73-127(91)109(128)145)117(63-81-41-17-3-18-42-81)104(140)118(94)64-82-43-19-4-20-44-82/h1-60,91-102H,61-78H2/t91-,92+,93-,94+,95+,96-,97+,98-,99-,100+,101-,102+. The highest BCUT2D eigenvalue weighted by Crippen LogP contribution is 2.50. The first-order valence-corrected chi connectivity index (χ1v) is 50.8. The van der Waals surface area contributed by atoms with Crippen molar-refractivity contribution in [2.24, 2.45) is 0 Å². The molecule has 13 aliphatic rings. The summed E-state index contributed by atoms with van der Waals surface area (Å²) in [5.74, 6) is 0. The van der Waals surface area contributed by atoms with Crippen molar-refractivity contribution in [2.45, 2.75) is 153 Å². The monoisotopic (exact) mass is 2000 g/mol. The summed E-state index contributed by atoms with van der Waals surface area (Å²) < 4.78 is 0. The fourth-order valence-electron chi connectivity index (χ4n) is 24.6. The third-order valence-corrected chi connectivity index (χ3v) is 31.3. The predicted molar refractivity (Wildman–Crippen MR) is 545 cm³/mol. The molecule has 0 saturated carbocycles. The van der Waals surface area contributed by atoms with Crippen LogP contribution in [-0.2, 0) is 78.5 Å². The van der Waals surface area contributed by atoms with Gasteiger partial charge in [0.2, 0.25) is 0 Å². The lowest BCUT2D eigenvalue weighted by molar-refractivity contribution is 0.0397. The molecule has 0 radical (unpaired) electrons. The Balaban J connectivity index is 0.728. The predicted octanol–water partition coefficient (Wildman–Crippen LogP) is 14.9. The number of carbonyl (C=O) groups is 12. The van der Waals surface area contributed by atoms with Gasteiger partial charge < -0.3 is 0 Å². The van der Waals surface area contributed by atoms with E-state index in [1.54, 1.807) is 58.8 Å². The molecule has 12 atom stereocenters. The van der Waals surface area contributed by atoms with E-state index in [0.717, 1.165) is 0 Å². The van der Waals surface area contributed by atoms with Gasteiger partial charge in [-0.1, -0.05) is 364 Å². The molecule has 12 aromatic rings. The number of rotatable bonds is 24. The molecule has 0 unspecified atom stereocenters. The molecule has 0 N–H and O–H groups in total. The Labute approximate surface area is 865 Å². The van der Waals surface area contributed by atoms with Crippen LogP contribution in [0.2, 0.25) is 0 Å². The van der Waals surface area contributed by atoms with E-state index in [-0.39, 0.29) is 78.5 Å². The third kappa shape index (κ3) is 16.1. The van der Waals surface area contributed by atoms with E-state index < -0.39 is 186 Å². The number of hydrogen-bond donors (Lipinski definition) is 0. The van der Waals surface area contributed by atoms with Crippen molar-refractivity contribution in [3.63, 3.8) is 0 Å². The first-order valence-electron chi connectivity index (χ1n) is 50.8. The van der Waals surface area contributed by atoms with Gasteiger partial charge in [-0.05, 0) is 66.8 Å². The van der Waals surface area contributed by atoms with Crippen LogP contribution < -0.4 is 0 Å². The van der Waals surface area contributed by atoms with Crippen LogP contribution in [0.4, 0.5) is 57.5 Å². The van der Waals surface area contributed by atoms with E-state index in [9.17, 15) is 0 Å². The Morgan fingerprint density at radius 2 is 0.187 bits per heavy atom. The van der Waals surface area contributed by atoms with Crippen molar-refractivity contribution in [1.29, 1.82) is 0 Å². The molecule has 150 heavy (non-hydrogen) atoms. The zero-order valence-corrected chi connectivity index (χ0v) is 81.9. The van der Waals surface area contributed by atoms with Gasteiger partial charge in [0, 0.05) is 78.5 Å². The van der Waals surface area contributed by atoms with Crippen LogP contribution >= 0.6 is 0 Å². The van der Waals surface area contributed by atoms with Gasteiger partial charge in [-0.3, -0.25) is 118 Å². The van der Waals surface area contributed by atoms with Crippen LogP contribution in [0.3, 0.4) is 0 Å². The lowest BCUT2D eigenvalue weighted by atomic mass is 10.2. The van der Waals surface area contributed by atoms with Gasteiger partial charge in [0.05, 0.1) is 0 Å². The molecule has 12 bridgehead atoms. The third-order valence-electron chi connectivity index (χ3n) is 31.3. The van der Waals surface area contributed by atoms with Gasteiger partial charge in [0.25, 0.3) is 0 Å². The largest absolute Gasteiger partial charge is 0.326 e. The summed E-state index contributed by atoms with van der Waals surface area (Å²) in [4.78, 5) is 246. The van der Waals surface area contributed by atoms with Gasteiger partial charge in [-0.25, -0.2) is 57.5 Å².